The van der Waals surface area contributed by atoms with E-state index in [0.717, 1.165) is 10.6 Å². The van der Waals surface area contributed by atoms with Crippen LogP contribution in [0.4, 0.5) is 0 Å². The molecule has 6 heteroatoms. The van der Waals surface area contributed by atoms with Gasteiger partial charge in [0.15, 0.2) is 23.1 Å². The Labute approximate surface area is 176 Å². The molecule has 1 aromatic rings. The maximum Gasteiger partial charge on any atom is 0.231 e. The molecule has 2 heterocycles. The number of carbonyl (C=O) groups excluding carboxylic acids is 2. The van der Waals surface area contributed by atoms with Crippen LogP contribution in [-0.4, -0.2) is 28.6 Å². The molecular weight excluding hydrogens is 382 g/mol. The zero-order valence-electron chi connectivity index (χ0n) is 17.9. The summed E-state index contributed by atoms with van der Waals surface area (Å²) in [6, 6.07) is 5.60. The minimum atomic E-state index is -0.486. The van der Waals surface area contributed by atoms with Crippen molar-refractivity contribution in [2.75, 3.05) is 6.79 Å². The van der Waals surface area contributed by atoms with E-state index in [1.54, 1.807) is 0 Å². The van der Waals surface area contributed by atoms with E-state index in [2.05, 4.69) is 0 Å². The smallest absolute Gasteiger partial charge is 0.231 e. The third kappa shape index (κ3) is 2.88. The zero-order valence-corrected chi connectivity index (χ0v) is 17.9. The Morgan fingerprint density at radius 2 is 1.40 bits per heavy atom. The van der Waals surface area contributed by atoms with Crippen LogP contribution in [0.15, 0.2) is 40.7 Å². The van der Waals surface area contributed by atoms with Gasteiger partial charge in [0.25, 0.3) is 0 Å². The third-order valence-electron chi connectivity index (χ3n) is 6.61. The number of hydroxylamine groups is 2. The molecule has 0 fully saturated rings. The van der Waals surface area contributed by atoms with Crippen molar-refractivity contribution in [2.45, 2.75) is 59.3 Å². The average molecular weight is 409 g/mol. The van der Waals surface area contributed by atoms with Crippen molar-refractivity contribution >= 4 is 11.6 Å². The van der Waals surface area contributed by atoms with Crippen molar-refractivity contribution in [2.24, 2.45) is 10.8 Å². The summed E-state index contributed by atoms with van der Waals surface area (Å²) in [5.41, 5.74) is 2.68. The second kappa shape index (κ2) is 6.20. The molecule has 0 radical (unpaired) electrons. The number of benzene rings is 1. The summed E-state index contributed by atoms with van der Waals surface area (Å²) < 4.78 is 11.0. The molecule has 0 saturated heterocycles. The topological polar surface area (TPSA) is 76.1 Å². The maximum absolute atomic E-state index is 13.3. The number of carbonyl (C=O) groups is 2. The van der Waals surface area contributed by atoms with E-state index in [-0.39, 0.29) is 29.2 Å². The molecule has 0 aromatic heterocycles. The number of fused-ring (bicyclic) bond motifs is 1. The van der Waals surface area contributed by atoms with Gasteiger partial charge in [0.1, 0.15) is 0 Å². The summed E-state index contributed by atoms with van der Waals surface area (Å²) in [6.07, 6.45) is 1.94. The molecule has 1 N–H and O–H groups in total. The Morgan fingerprint density at radius 3 is 1.97 bits per heavy atom. The van der Waals surface area contributed by atoms with Crippen LogP contribution < -0.4 is 9.47 Å². The molecule has 0 amide bonds. The van der Waals surface area contributed by atoms with Gasteiger partial charge >= 0.3 is 0 Å². The van der Waals surface area contributed by atoms with Gasteiger partial charge in [-0.3, -0.25) is 14.8 Å². The molecule has 6 nitrogen and oxygen atoms in total. The second-order valence-electron chi connectivity index (χ2n) is 10.5. The van der Waals surface area contributed by atoms with Gasteiger partial charge in [-0.2, -0.15) is 0 Å². The highest BCUT2D eigenvalue weighted by molar-refractivity contribution is 6.06. The molecule has 2 aliphatic heterocycles. The van der Waals surface area contributed by atoms with Crippen molar-refractivity contribution in [1.29, 1.82) is 0 Å². The number of Topliss-reactive ketones (excluding diaryl/α,β-unsaturated/α-hetero) is 2. The molecule has 0 unspecified atom stereocenters. The minimum absolute atomic E-state index is 0.00727. The minimum Gasteiger partial charge on any atom is -0.454 e. The Balaban J connectivity index is 1.73. The molecule has 0 bridgehead atoms. The molecule has 0 spiro atoms. The quantitative estimate of drug-likeness (QED) is 0.737. The van der Waals surface area contributed by atoms with Gasteiger partial charge in [-0.15, -0.1) is 0 Å². The van der Waals surface area contributed by atoms with Gasteiger partial charge in [0.05, 0.1) is 11.4 Å². The number of hydrogen-bond donors (Lipinski definition) is 1. The molecule has 158 valence electrons. The summed E-state index contributed by atoms with van der Waals surface area (Å²) in [5, 5.41) is 12.3. The van der Waals surface area contributed by atoms with Crippen LogP contribution in [0, 0.1) is 10.8 Å². The van der Waals surface area contributed by atoms with Crippen LogP contribution in [0.2, 0.25) is 0 Å². The van der Waals surface area contributed by atoms with E-state index >= 15 is 0 Å². The lowest BCUT2D eigenvalue weighted by Gasteiger charge is -2.46. The predicted molar refractivity (Wildman–Crippen MR) is 109 cm³/mol. The van der Waals surface area contributed by atoms with E-state index in [4.69, 9.17) is 9.47 Å². The lowest BCUT2D eigenvalue weighted by atomic mass is 9.64. The number of nitrogens with zero attached hydrogens (tertiary/aromatic N) is 1. The fourth-order valence-corrected chi connectivity index (χ4v) is 5.37. The van der Waals surface area contributed by atoms with Crippen LogP contribution in [0.3, 0.4) is 0 Å². The van der Waals surface area contributed by atoms with Crippen molar-refractivity contribution in [3.05, 3.63) is 46.3 Å². The van der Waals surface area contributed by atoms with Crippen molar-refractivity contribution in [3.63, 3.8) is 0 Å². The monoisotopic (exact) mass is 409 g/mol. The Bertz CT molecular complexity index is 992. The molecule has 1 aromatic carbocycles. The second-order valence-corrected chi connectivity index (χ2v) is 10.5. The van der Waals surface area contributed by atoms with E-state index in [0.29, 0.717) is 59.7 Å². The number of hydrogen-bond acceptors (Lipinski definition) is 6. The average Bonchev–Trinajstić information content (AvgIpc) is 3.09. The van der Waals surface area contributed by atoms with E-state index in [1.165, 1.54) is 0 Å². The summed E-state index contributed by atoms with van der Waals surface area (Å²) in [5.74, 6) is 0.781. The first-order valence-electron chi connectivity index (χ1n) is 10.5. The van der Waals surface area contributed by atoms with Crippen molar-refractivity contribution in [3.8, 4) is 11.5 Å². The highest BCUT2D eigenvalue weighted by Gasteiger charge is 2.49. The SMILES string of the molecule is CC1(C)CC(=O)C2=C(C1)N(O)C1=C(C(=O)CC(C)(C)C1)C2c1ccc2c(c1)OCO2. The lowest BCUT2D eigenvalue weighted by molar-refractivity contribution is -0.123. The number of rotatable bonds is 1. The number of ketones is 2. The van der Waals surface area contributed by atoms with Gasteiger partial charge in [-0.1, -0.05) is 33.8 Å². The normalized spacial score (nSPS) is 24.9. The molecule has 0 atom stereocenters. The van der Waals surface area contributed by atoms with Gasteiger partial charge in [-0.05, 0) is 41.4 Å². The van der Waals surface area contributed by atoms with Crippen molar-refractivity contribution in [1.82, 2.24) is 5.06 Å². The highest BCUT2D eigenvalue weighted by atomic mass is 16.7. The first kappa shape index (κ1) is 19.4. The fourth-order valence-electron chi connectivity index (χ4n) is 5.37. The van der Waals surface area contributed by atoms with Crippen LogP contribution in [0.5, 0.6) is 11.5 Å². The largest absolute Gasteiger partial charge is 0.454 e. The summed E-state index contributed by atoms with van der Waals surface area (Å²) in [4.78, 5) is 26.7. The van der Waals surface area contributed by atoms with Crippen LogP contribution in [0.1, 0.15) is 64.9 Å². The summed E-state index contributed by atoms with van der Waals surface area (Å²) in [7, 11) is 0. The van der Waals surface area contributed by atoms with E-state index < -0.39 is 5.92 Å². The fraction of sp³-hybridized carbons (Fsp3) is 0.500. The molecule has 30 heavy (non-hydrogen) atoms. The molecule has 4 aliphatic rings. The Hall–Kier alpha value is -2.60. The van der Waals surface area contributed by atoms with Crippen LogP contribution in [-0.2, 0) is 9.59 Å². The molecule has 5 rings (SSSR count). The lowest BCUT2D eigenvalue weighted by Crippen LogP contribution is -2.43. The van der Waals surface area contributed by atoms with E-state index in [1.807, 2.05) is 45.9 Å². The Morgan fingerprint density at radius 1 is 0.867 bits per heavy atom. The van der Waals surface area contributed by atoms with Crippen LogP contribution >= 0.6 is 0 Å². The van der Waals surface area contributed by atoms with Gasteiger partial charge in [-0.25, -0.2) is 5.06 Å². The molecule has 0 saturated carbocycles. The van der Waals surface area contributed by atoms with E-state index in [9.17, 15) is 14.8 Å². The predicted octanol–water partition coefficient (Wildman–Crippen LogP) is 4.49. The molecular formula is C24H27NO5. The van der Waals surface area contributed by atoms with Gasteiger partial charge in [0, 0.05) is 29.9 Å². The maximum atomic E-state index is 13.3. The molecule has 2 aliphatic carbocycles. The summed E-state index contributed by atoms with van der Waals surface area (Å²) >= 11 is 0. The number of ether oxygens (including phenoxy) is 2. The first-order chi connectivity index (χ1) is 14.1. The summed E-state index contributed by atoms with van der Waals surface area (Å²) in [6.45, 7) is 8.32. The highest BCUT2D eigenvalue weighted by Crippen LogP contribution is 2.54. The van der Waals surface area contributed by atoms with Gasteiger partial charge < -0.3 is 9.47 Å². The van der Waals surface area contributed by atoms with Crippen molar-refractivity contribution < 1.29 is 24.3 Å². The third-order valence-corrected chi connectivity index (χ3v) is 6.61. The standard InChI is InChI=1S/C24H27NO5/c1-23(2)8-14-21(16(26)10-23)20(13-5-6-18-19(7-13)30-12-29-18)22-15(25(14)28)9-24(3,4)11-17(22)27/h5-7,20,28H,8-12H2,1-4H3. The first-order valence-corrected chi connectivity index (χ1v) is 10.5. The zero-order chi connectivity index (χ0) is 21.4. The Kier molecular flexibility index (Phi) is 4.00. The van der Waals surface area contributed by atoms with Gasteiger partial charge in [0.2, 0.25) is 6.79 Å². The van der Waals surface area contributed by atoms with Crippen LogP contribution in [0.25, 0.3) is 0 Å². The number of allylic oxidation sites excluding steroid dienone is 4.